The SMILES string of the molecule is CC(C)N(C(=O)CSc1nc2ccccc2n1C)c1ccccc1.[Br-]. The largest absolute Gasteiger partial charge is 1.00 e. The van der Waals surface area contributed by atoms with E-state index in [9.17, 15) is 4.79 Å². The number of anilines is 1. The van der Waals surface area contributed by atoms with E-state index in [1.54, 1.807) is 0 Å². The molecular formula is C19H21BrN3OS-. The van der Waals surface area contributed by atoms with Crippen molar-refractivity contribution in [2.45, 2.75) is 25.0 Å². The van der Waals surface area contributed by atoms with Crippen molar-refractivity contribution in [3.8, 4) is 0 Å². The van der Waals surface area contributed by atoms with Crippen LogP contribution in [0.15, 0.2) is 59.8 Å². The van der Waals surface area contributed by atoms with Gasteiger partial charge in [-0.05, 0) is 38.1 Å². The van der Waals surface area contributed by atoms with Crippen molar-refractivity contribution in [3.63, 3.8) is 0 Å². The average molecular weight is 419 g/mol. The maximum Gasteiger partial charge on any atom is 0.237 e. The standard InChI is InChI=1S/C19H21N3OS.BrH/c1-14(2)22(15-9-5-4-6-10-15)18(23)13-24-19-20-16-11-7-8-12-17(16)21(19)3;/h4-12,14H,13H2,1-3H3;1H/p-1. The molecule has 1 aromatic heterocycles. The zero-order chi connectivity index (χ0) is 17.1. The number of aryl methyl sites for hydroxylation is 1. The first kappa shape index (κ1) is 19.5. The summed E-state index contributed by atoms with van der Waals surface area (Å²) in [4.78, 5) is 19.2. The van der Waals surface area contributed by atoms with Gasteiger partial charge in [0.2, 0.25) is 5.91 Å². The summed E-state index contributed by atoms with van der Waals surface area (Å²) in [6.45, 7) is 4.06. The van der Waals surface area contributed by atoms with E-state index in [0.29, 0.717) is 5.75 Å². The van der Waals surface area contributed by atoms with Gasteiger partial charge in [-0.25, -0.2) is 4.98 Å². The first-order chi connectivity index (χ1) is 11.6. The summed E-state index contributed by atoms with van der Waals surface area (Å²) >= 11 is 1.48. The quantitative estimate of drug-likeness (QED) is 0.582. The van der Waals surface area contributed by atoms with E-state index in [1.807, 2.05) is 85.0 Å². The average Bonchev–Trinajstić information content (AvgIpc) is 2.90. The van der Waals surface area contributed by atoms with E-state index in [-0.39, 0.29) is 28.9 Å². The van der Waals surface area contributed by atoms with Gasteiger partial charge in [0.1, 0.15) is 0 Å². The number of amides is 1. The molecule has 0 saturated carbocycles. The number of nitrogens with zero attached hydrogens (tertiary/aromatic N) is 3. The van der Waals surface area contributed by atoms with E-state index in [4.69, 9.17) is 0 Å². The molecule has 4 nitrogen and oxygen atoms in total. The van der Waals surface area contributed by atoms with Gasteiger partial charge in [0, 0.05) is 18.8 Å². The highest BCUT2D eigenvalue weighted by Gasteiger charge is 2.20. The number of imidazole rings is 1. The van der Waals surface area contributed by atoms with Crippen LogP contribution in [0.2, 0.25) is 0 Å². The molecule has 2 aromatic carbocycles. The molecule has 0 bridgehead atoms. The number of fused-ring (bicyclic) bond motifs is 1. The molecule has 1 amide bonds. The van der Waals surface area contributed by atoms with Gasteiger partial charge in [-0.3, -0.25) is 4.79 Å². The van der Waals surface area contributed by atoms with Crippen molar-refractivity contribution in [3.05, 3.63) is 54.6 Å². The molecule has 132 valence electrons. The van der Waals surface area contributed by atoms with Gasteiger partial charge < -0.3 is 26.4 Å². The lowest BCUT2D eigenvalue weighted by Crippen LogP contribution is -3.00. The lowest BCUT2D eigenvalue weighted by molar-refractivity contribution is -0.116. The minimum atomic E-state index is 0. The minimum Gasteiger partial charge on any atom is -1.00 e. The number of carbonyl (C=O) groups is 1. The molecule has 0 N–H and O–H groups in total. The predicted octanol–water partition coefficient (Wildman–Crippen LogP) is 1.11. The van der Waals surface area contributed by atoms with Crippen molar-refractivity contribution in [1.82, 2.24) is 9.55 Å². The van der Waals surface area contributed by atoms with Gasteiger partial charge >= 0.3 is 0 Å². The Morgan fingerprint density at radius 1 is 1.12 bits per heavy atom. The Morgan fingerprint density at radius 2 is 1.76 bits per heavy atom. The second-order valence-electron chi connectivity index (χ2n) is 5.92. The van der Waals surface area contributed by atoms with Gasteiger partial charge in [-0.2, -0.15) is 0 Å². The van der Waals surface area contributed by atoms with Crippen molar-refractivity contribution in [2.75, 3.05) is 10.7 Å². The number of carbonyl (C=O) groups excluding carboxylic acids is 1. The Kier molecular flexibility index (Phi) is 6.67. The number of thioether (sulfide) groups is 1. The topological polar surface area (TPSA) is 38.1 Å². The predicted molar refractivity (Wildman–Crippen MR) is 101 cm³/mol. The molecule has 0 aliphatic heterocycles. The molecule has 25 heavy (non-hydrogen) atoms. The highest BCUT2D eigenvalue weighted by atomic mass is 79.9. The molecule has 0 unspecified atom stereocenters. The third-order valence-electron chi connectivity index (χ3n) is 3.89. The number of hydrogen-bond donors (Lipinski definition) is 0. The summed E-state index contributed by atoms with van der Waals surface area (Å²) in [5.74, 6) is 0.456. The summed E-state index contributed by atoms with van der Waals surface area (Å²) in [5.41, 5.74) is 2.97. The van der Waals surface area contributed by atoms with E-state index in [0.717, 1.165) is 21.9 Å². The van der Waals surface area contributed by atoms with Gasteiger partial charge in [0.15, 0.2) is 5.16 Å². The first-order valence-corrected chi connectivity index (χ1v) is 8.98. The minimum absolute atomic E-state index is 0. The number of rotatable bonds is 5. The molecular weight excluding hydrogens is 398 g/mol. The van der Waals surface area contributed by atoms with Crippen LogP contribution in [0.3, 0.4) is 0 Å². The Bertz CT molecular complexity index is 848. The molecule has 6 heteroatoms. The third-order valence-corrected chi connectivity index (χ3v) is 4.90. The highest BCUT2D eigenvalue weighted by molar-refractivity contribution is 7.99. The molecule has 0 fully saturated rings. The van der Waals surface area contributed by atoms with Crippen molar-refractivity contribution in [2.24, 2.45) is 7.05 Å². The molecule has 0 aliphatic carbocycles. The van der Waals surface area contributed by atoms with Crippen molar-refractivity contribution in [1.29, 1.82) is 0 Å². The monoisotopic (exact) mass is 418 g/mol. The number of hydrogen-bond acceptors (Lipinski definition) is 3. The smallest absolute Gasteiger partial charge is 0.237 e. The number of benzene rings is 2. The van der Waals surface area contributed by atoms with E-state index < -0.39 is 0 Å². The number of halogens is 1. The lowest BCUT2D eigenvalue weighted by atomic mass is 10.2. The molecule has 0 radical (unpaired) electrons. The normalized spacial score (nSPS) is 10.7. The molecule has 0 atom stereocenters. The van der Waals surface area contributed by atoms with Crippen LogP contribution in [-0.4, -0.2) is 27.3 Å². The van der Waals surface area contributed by atoms with Gasteiger partial charge in [-0.1, -0.05) is 42.1 Å². The first-order valence-electron chi connectivity index (χ1n) is 7.99. The maximum atomic E-state index is 12.8. The van der Waals surface area contributed by atoms with Crippen LogP contribution in [0.1, 0.15) is 13.8 Å². The van der Waals surface area contributed by atoms with Gasteiger partial charge in [-0.15, -0.1) is 0 Å². The molecule has 1 heterocycles. The zero-order valence-corrected chi connectivity index (χ0v) is 16.9. The Morgan fingerprint density at radius 3 is 2.40 bits per heavy atom. The van der Waals surface area contributed by atoms with Crippen molar-refractivity contribution < 1.29 is 21.8 Å². The molecule has 0 saturated heterocycles. The summed E-state index contributed by atoms with van der Waals surface area (Å²) < 4.78 is 2.04. The summed E-state index contributed by atoms with van der Waals surface area (Å²) in [6, 6.07) is 17.9. The fourth-order valence-corrected chi connectivity index (χ4v) is 3.61. The Balaban J connectivity index is 0.00000225. The van der Waals surface area contributed by atoms with Crippen LogP contribution in [-0.2, 0) is 11.8 Å². The fourth-order valence-electron chi connectivity index (χ4n) is 2.77. The Labute approximate surface area is 163 Å². The van der Waals surface area contributed by atoms with Crippen LogP contribution in [0.5, 0.6) is 0 Å². The maximum absolute atomic E-state index is 12.8. The van der Waals surface area contributed by atoms with Crippen LogP contribution in [0.4, 0.5) is 5.69 Å². The van der Waals surface area contributed by atoms with Crippen LogP contribution in [0.25, 0.3) is 11.0 Å². The van der Waals surface area contributed by atoms with Gasteiger partial charge in [0.05, 0.1) is 16.8 Å². The third kappa shape index (κ3) is 4.25. The van der Waals surface area contributed by atoms with E-state index >= 15 is 0 Å². The van der Waals surface area contributed by atoms with Crippen LogP contribution < -0.4 is 21.9 Å². The van der Waals surface area contributed by atoms with Gasteiger partial charge in [0.25, 0.3) is 0 Å². The number of aromatic nitrogens is 2. The molecule has 3 aromatic rings. The second kappa shape index (κ2) is 8.54. The van der Waals surface area contributed by atoms with Crippen LogP contribution in [0, 0.1) is 0 Å². The highest BCUT2D eigenvalue weighted by Crippen LogP contribution is 2.24. The molecule has 0 spiro atoms. The molecule has 0 aliphatic rings. The Hall–Kier alpha value is -1.79. The summed E-state index contributed by atoms with van der Waals surface area (Å²) in [6.07, 6.45) is 0. The van der Waals surface area contributed by atoms with Crippen LogP contribution >= 0.6 is 11.8 Å². The fraction of sp³-hybridized carbons (Fsp3) is 0.263. The summed E-state index contributed by atoms with van der Waals surface area (Å²) in [7, 11) is 1.99. The summed E-state index contributed by atoms with van der Waals surface area (Å²) in [5, 5.41) is 0.862. The van der Waals surface area contributed by atoms with Crippen molar-refractivity contribution >= 4 is 34.4 Å². The van der Waals surface area contributed by atoms with E-state index in [2.05, 4.69) is 4.98 Å². The molecule has 3 rings (SSSR count). The lowest BCUT2D eigenvalue weighted by Gasteiger charge is -2.26. The van der Waals surface area contributed by atoms with E-state index in [1.165, 1.54) is 11.8 Å². The second-order valence-corrected chi connectivity index (χ2v) is 6.87. The number of para-hydroxylation sites is 3. The zero-order valence-electron chi connectivity index (χ0n) is 14.5.